The Morgan fingerprint density at radius 1 is 1.40 bits per heavy atom. The first-order chi connectivity index (χ1) is 14.2. The van der Waals surface area contributed by atoms with Gasteiger partial charge in [0.2, 0.25) is 0 Å². The molecule has 0 saturated heterocycles. The lowest BCUT2D eigenvalue weighted by Gasteiger charge is -2.39. The summed E-state index contributed by atoms with van der Waals surface area (Å²) in [5.41, 5.74) is 0.352. The van der Waals surface area contributed by atoms with Crippen LogP contribution in [0, 0.1) is 5.82 Å². The van der Waals surface area contributed by atoms with Crippen LogP contribution in [0.1, 0.15) is 32.6 Å². The molecule has 0 bridgehead atoms. The largest absolute Gasteiger partial charge is 0.392 e. The van der Waals surface area contributed by atoms with Crippen molar-refractivity contribution < 1.29 is 17.9 Å². The molecule has 3 rings (SSSR count). The van der Waals surface area contributed by atoms with Crippen LogP contribution in [0.2, 0.25) is 5.02 Å². The van der Waals surface area contributed by atoms with Gasteiger partial charge in [0.25, 0.3) is 10.0 Å². The van der Waals surface area contributed by atoms with E-state index in [1.807, 2.05) is 7.05 Å². The molecule has 3 N–H and O–H groups in total. The molecular weight excluding hydrogens is 451 g/mol. The summed E-state index contributed by atoms with van der Waals surface area (Å²) in [6.45, 7) is 2.28. The van der Waals surface area contributed by atoms with Crippen molar-refractivity contribution in [3.63, 3.8) is 0 Å². The number of aromatic nitrogens is 1. The van der Waals surface area contributed by atoms with Crippen molar-refractivity contribution in [2.24, 2.45) is 0 Å². The molecular formula is C19H26ClFN4O3S2. The summed E-state index contributed by atoms with van der Waals surface area (Å²) >= 11 is 7.43. The number of anilines is 2. The number of sulfonamides is 1. The number of likely N-dealkylation sites (N-methyl/N-ethyl adjacent to an activating group) is 1. The number of benzene rings is 1. The third-order valence-corrected chi connectivity index (χ3v) is 7.64. The predicted octanol–water partition coefficient (Wildman–Crippen LogP) is 3.77. The van der Waals surface area contributed by atoms with E-state index in [0.29, 0.717) is 12.2 Å². The van der Waals surface area contributed by atoms with E-state index in [2.05, 4.69) is 19.9 Å². The van der Waals surface area contributed by atoms with Crippen molar-refractivity contribution in [3.05, 3.63) is 34.5 Å². The first-order valence-electron chi connectivity index (χ1n) is 9.73. The summed E-state index contributed by atoms with van der Waals surface area (Å²) in [4.78, 5) is 5.43. The molecule has 1 fully saturated rings. The number of rotatable bonds is 8. The molecule has 0 amide bonds. The fourth-order valence-electron chi connectivity index (χ4n) is 3.85. The second-order valence-corrected chi connectivity index (χ2v) is 10.5. The molecule has 1 heterocycles. The van der Waals surface area contributed by atoms with Crippen LogP contribution in [0.5, 0.6) is 0 Å². The molecule has 7 nitrogen and oxygen atoms in total. The zero-order chi connectivity index (χ0) is 21.9. The van der Waals surface area contributed by atoms with Gasteiger partial charge < -0.3 is 10.4 Å². The van der Waals surface area contributed by atoms with E-state index < -0.39 is 26.8 Å². The molecule has 1 aromatic heterocycles. The zero-order valence-corrected chi connectivity index (χ0v) is 19.2. The maximum atomic E-state index is 14.8. The minimum absolute atomic E-state index is 0.00954. The Bertz CT molecular complexity index is 957. The minimum Gasteiger partial charge on any atom is -0.392 e. The highest BCUT2D eigenvalue weighted by molar-refractivity contribution is 7.93. The van der Waals surface area contributed by atoms with Crippen LogP contribution in [0.4, 0.5) is 15.2 Å². The number of nitrogens with zero attached hydrogens (tertiary/aromatic N) is 2. The van der Waals surface area contributed by atoms with E-state index >= 15 is 0 Å². The van der Waals surface area contributed by atoms with Crippen molar-refractivity contribution in [1.29, 1.82) is 0 Å². The summed E-state index contributed by atoms with van der Waals surface area (Å²) in [5.74, 6) is -0.893. The Balaban J connectivity index is 1.80. The Morgan fingerprint density at radius 2 is 2.13 bits per heavy atom. The van der Waals surface area contributed by atoms with Gasteiger partial charge >= 0.3 is 0 Å². The van der Waals surface area contributed by atoms with Gasteiger partial charge in [-0.05, 0) is 38.9 Å². The van der Waals surface area contributed by atoms with Gasteiger partial charge in [-0.3, -0.25) is 9.62 Å². The lowest BCUT2D eigenvalue weighted by atomic mass is 9.89. The zero-order valence-electron chi connectivity index (χ0n) is 16.8. The molecule has 2 aromatic rings. The van der Waals surface area contributed by atoms with Gasteiger partial charge in [-0.1, -0.05) is 24.4 Å². The molecule has 30 heavy (non-hydrogen) atoms. The van der Waals surface area contributed by atoms with Crippen LogP contribution >= 0.6 is 22.9 Å². The first kappa shape index (κ1) is 23.2. The predicted molar refractivity (Wildman–Crippen MR) is 118 cm³/mol. The van der Waals surface area contributed by atoms with Crippen LogP contribution in [0.3, 0.4) is 0 Å². The van der Waals surface area contributed by atoms with E-state index in [1.165, 1.54) is 6.20 Å². The highest BCUT2D eigenvalue weighted by Gasteiger charge is 2.30. The molecule has 166 valence electrons. The van der Waals surface area contributed by atoms with E-state index in [9.17, 15) is 17.9 Å². The summed E-state index contributed by atoms with van der Waals surface area (Å²) in [7, 11) is -2.19. The van der Waals surface area contributed by atoms with Gasteiger partial charge in [0.15, 0.2) is 5.13 Å². The van der Waals surface area contributed by atoms with Crippen LogP contribution in [-0.4, -0.2) is 55.2 Å². The molecule has 1 aromatic carbocycles. The number of hydrogen-bond donors (Lipinski definition) is 3. The molecule has 1 saturated carbocycles. The quantitative estimate of drug-likeness (QED) is 0.537. The van der Waals surface area contributed by atoms with Gasteiger partial charge in [-0.25, -0.2) is 17.8 Å². The summed E-state index contributed by atoms with van der Waals surface area (Å²) in [5, 5.41) is 14.9. The molecule has 3 atom stereocenters. The lowest BCUT2D eigenvalue weighted by Crippen LogP contribution is -2.49. The Kier molecular flexibility index (Phi) is 7.56. The highest BCUT2D eigenvalue weighted by Crippen LogP contribution is 2.32. The maximum absolute atomic E-state index is 14.8. The molecule has 0 spiro atoms. The van der Waals surface area contributed by atoms with E-state index in [4.69, 9.17) is 11.6 Å². The van der Waals surface area contributed by atoms with Gasteiger partial charge in [-0.2, -0.15) is 0 Å². The van der Waals surface area contributed by atoms with E-state index in [-0.39, 0.29) is 22.2 Å². The lowest BCUT2D eigenvalue weighted by molar-refractivity contribution is 0.0972. The van der Waals surface area contributed by atoms with E-state index in [0.717, 1.165) is 49.2 Å². The normalized spacial score (nSPS) is 20.9. The molecule has 0 radical (unpaired) electrons. The molecule has 1 aliphatic rings. The van der Waals surface area contributed by atoms with Gasteiger partial charge in [0.1, 0.15) is 10.7 Å². The number of aliphatic hydroxyl groups is 1. The van der Waals surface area contributed by atoms with Crippen LogP contribution in [0.15, 0.2) is 28.6 Å². The second-order valence-electron chi connectivity index (χ2n) is 7.60. The van der Waals surface area contributed by atoms with Crippen LogP contribution in [0.25, 0.3) is 0 Å². The second kappa shape index (κ2) is 9.78. The third kappa shape index (κ3) is 5.61. The minimum atomic E-state index is -4.15. The SMILES string of the molecule is C[C@H](O)CN(C)[C@H]1CCCC[C@@H]1Nc1cc(F)c(S(=O)(=O)Nc2nccs2)cc1Cl. The summed E-state index contributed by atoms with van der Waals surface area (Å²) in [6.07, 6.45) is 4.93. The van der Waals surface area contributed by atoms with Gasteiger partial charge in [0.05, 0.1) is 16.8 Å². The first-order valence-corrected chi connectivity index (χ1v) is 12.5. The molecule has 0 unspecified atom stereocenters. The highest BCUT2D eigenvalue weighted by atomic mass is 35.5. The Hall–Kier alpha value is -1.46. The number of hydrogen-bond acceptors (Lipinski definition) is 7. The van der Waals surface area contributed by atoms with E-state index in [1.54, 1.807) is 12.3 Å². The third-order valence-electron chi connectivity index (χ3n) is 5.15. The maximum Gasteiger partial charge on any atom is 0.266 e. The number of aliphatic hydroxyl groups excluding tert-OH is 1. The average Bonchev–Trinajstić information content (AvgIpc) is 3.16. The number of thiazole rings is 1. The Morgan fingerprint density at radius 3 is 2.80 bits per heavy atom. The van der Waals surface area contributed by atoms with Crippen molar-refractivity contribution in [2.45, 2.75) is 55.7 Å². The van der Waals surface area contributed by atoms with Gasteiger partial charge in [0, 0.05) is 30.2 Å². The molecule has 11 heteroatoms. The van der Waals surface area contributed by atoms with Crippen LogP contribution < -0.4 is 10.0 Å². The smallest absolute Gasteiger partial charge is 0.266 e. The fourth-order valence-corrected chi connectivity index (χ4v) is 6.01. The summed E-state index contributed by atoms with van der Waals surface area (Å²) < 4.78 is 42.1. The Labute approximate surface area is 185 Å². The molecule has 0 aliphatic heterocycles. The van der Waals surface area contributed by atoms with Crippen molar-refractivity contribution in [3.8, 4) is 0 Å². The van der Waals surface area contributed by atoms with Gasteiger partial charge in [-0.15, -0.1) is 11.3 Å². The average molecular weight is 477 g/mol. The number of nitrogens with one attached hydrogen (secondary N) is 2. The topological polar surface area (TPSA) is 94.6 Å². The number of halogens is 2. The standard InChI is InChI=1S/C19H26ClFN4O3S2/c1-12(26)11-25(2)17-6-4-3-5-15(17)23-16-10-14(21)18(9-13(16)20)30(27,28)24-19-22-7-8-29-19/h7-10,12,15,17,23,26H,3-6,11H2,1-2H3,(H,22,24)/t12-,15-,17-/m0/s1. The van der Waals surface area contributed by atoms with Crippen molar-refractivity contribution in [2.75, 3.05) is 23.6 Å². The summed E-state index contributed by atoms with van der Waals surface area (Å²) in [6, 6.07) is 2.41. The molecule has 1 aliphatic carbocycles. The van der Waals surface area contributed by atoms with Crippen molar-refractivity contribution in [1.82, 2.24) is 9.88 Å². The monoisotopic (exact) mass is 476 g/mol. The fraction of sp³-hybridized carbons (Fsp3) is 0.526. The van der Waals surface area contributed by atoms with Crippen LogP contribution in [-0.2, 0) is 10.0 Å². The van der Waals surface area contributed by atoms with Crippen molar-refractivity contribution >= 4 is 43.8 Å².